The first-order valence-electron chi connectivity index (χ1n) is 9.00. The first-order chi connectivity index (χ1) is 12.0. The normalized spacial score (nSPS) is 11.0. The number of rotatable bonds is 5. The molecule has 0 saturated carbocycles. The molecule has 0 unspecified atom stereocenters. The Hall–Kier alpha value is -2.55. The lowest BCUT2D eigenvalue weighted by Gasteiger charge is -2.05. The van der Waals surface area contributed by atoms with Crippen molar-refractivity contribution in [1.82, 2.24) is 9.78 Å². The molecule has 0 aliphatic rings. The van der Waals surface area contributed by atoms with Gasteiger partial charge in [-0.3, -0.25) is 9.89 Å². The van der Waals surface area contributed by atoms with Gasteiger partial charge in [-0.05, 0) is 62.4 Å². The monoisotopic (exact) mass is 334 g/mol. The van der Waals surface area contributed by atoms with Crippen LogP contribution in [-0.4, -0.2) is 9.78 Å². The Morgan fingerprint density at radius 1 is 0.960 bits per heavy atom. The Bertz CT molecular complexity index is 930. The van der Waals surface area contributed by atoms with Crippen LogP contribution in [0.3, 0.4) is 0 Å². The van der Waals surface area contributed by atoms with Crippen molar-refractivity contribution >= 4 is 0 Å². The molecule has 1 aromatic heterocycles. The van der Waals surface area contributed by atoms with E-state index in [1.807, 2.05) is 18.2 Å². The number of aryl methyl sites for hydroxylation is 4. The molecule has 2 aromatic carbocycles. The van der Waals surface area contributed by atoms with Crippen LogP contribution < -0.4 is 5.56 Å². The number of aromatic nitrogens is 2. The Morgan fingerprint density at radius 3 is 2.32 bits per heavy atom. The van der Waals surface area contributed by atoms with E-state index in [2.05, 4.69) is 57.1 Å². The van der Waals surface area contributed by atoms with Gasteiger partial charge in [0.1, 0.15) is 0 Å². The number of nitrogens with one attached hydrogen (secondary N) is 1. The van der Waals surface area contributed by atoms with Crippen molar-refractivity contribution in [2.75, 3.05) is 0 Å². The van der Waals surface area contributed by atoms with Gasteiger partial charge in [-0.25, -0.2) is 4.68 Å². The van der Waals surface area contributed by atoms with Crippen LogP contribution in [0.4, 0.5) is 0 Å². The maximum atomic E-state index is 13.2. The van der Waals surface area contributed by atoms with Crippen LogP contribution in [0.5, 0.6) is 0 Å². The molecule has 0 bridgehead atoms. The summed E-state index contributed by atoms with van der Waals surface area (Å²) < 4.78 is 1.69. The number of benzene rings is 2. The van der Waals surface area contributed by atoms with E-state index in [0.29, 0.717) is 0 Å². The predicted octanol–water partition coefficient (Wildman–Crippen LogP) is 5.10. The van der Waals surface area contributed by atoms with Crippen LogP contribution in [0, 0.1) is 20.8 Å². The second-order valence-electron chi connectivity index (χ2n) is 6.84. The van der Waals surface area contributed by atoms with Gasteiger partial charge in [0, 0.05) is 5.69 Å². The van der Waals surface area contributed by atoms with E-state index in [1.165, 1.54) is 16.7 Å². The summed E-state index contributed by atoms with van der Waals surface area (Å²) in [6.07, 6.45) is 3.04. The van der Waals surface area contributed by atoms with Crippen LogP contribution in [0.2, 0.25) is 0 Å². The van der Waals surface area contributed by atoms with Crippen molar-refractivity contribution in [3.05, 3.63) is 75.2 Å². The maximum Gasteiger partial charge on any atom is 0.279 e. The zero-order valence-electron chi connectivity index (χ0n) is 15.5. The number of nitrogens with zero attached hydrogens (tertiary/aromatic N) is 1. The molecule has 0 amide bonds. The molecule has 0 spiro atoms. The van der Waals surface area contributed by atoms with Crippen molar-refractivity contribution in [2.24, 2.45) is 0 Å². The van der Waals surface area contributed by atoms with Crippen molar-refractivity contribution in [2.45, 2.75) is 47.0 Å². The van der Waals surface area contributed by atoms with Crippen molar-refractivity contribution < 1.29 is 0 Å². The minimum Gasteiger partial charge on any atom is -0.294 e. The average Bonchev–Trinajstić information content (AvgIpc) is 2.93. The third-order valence-electron chi connectivity index (χ3n) is 4.83. The number of hydrogen-bond acceptors (Lipinski definition) is 1. The first-order valence-corrected chi connectivity index (χ1v) is 9.00. The summed E-state index contributed by atoms with van der Waals surface area (Å²) in [6, 6.07) is 14.3. The number of H-pyrrole nitrogens is 1. The van der Waals surface area contributed by atoms with Gasteiger partial charge in [0.05, 0.1) is 11.3 Å². The Balaban J connectivity index is 2.16. The summed E-state index contributed by atoms with van der Waals surface area (Å²) in [7, 11) is 0. The molecule has 25 heavy (non-hydrogen) atoms. The van der Waals surface area contributed by atoms with Crippen molar-refractivity contribution in [1.29, 1.82) is 0 Å². The summed E-state index contributed by atoms with van der Waals surface area (Å²) in [6.45, 7) is 8.39. The van der Waals surface area contributed by atoms with Gasteiger partial charge in [-0.15, -0.1) is 0 Å². The Labute approximate surface area is 149 Å². The molecule has 0 atom stereocenters. The van der Waals surface area contributed by atoms with Gasteiger partial charge in [-0.1, -0.05) is 49.2 Å². The summed E-state index contributed by atoms with van der Waals surface area (Å²) in [5, 5.41) is 3.37. The molecule has 1 N–H and O–H groups in total. The number of aromatic amines is 1. The summed E-state index contributed by atoms with van der Waals surface area (Å²) >= 11 is 0. The third-order valence-corrected chi connectivity index (χ3v) is 4.83. The molecule has 1 heterocycles. The molecule has 0 aliphatic carbocycles. The van der Waals surface area contributed by atoms with Gasteiger partial charge < -0.3 is 0 Å². The Morgan fingerprint density at radius 2 is 1.68 bits per heavy atom. The number of hydrogen-bond donors (Lipinski definition) is 1. The van der Waals surface area contributed by atoms with Crippen LogP contribution in [0.15, 0.2) is 47.3 Å². The lowest BCUT2D eigenvalue weighted by Crippen LogP contribution is -2.15. The molecule has 0 saturated heterocycles. The summed E-state index contributed by atoms with van der Waals surface area (Å²) in [5.41, 5.74) is 7.34. The molecule has 130 valence electrons. The average molecular weight is 334 g/mol. The quantitative estimate of drug-likeness (QED) is 0.692. The molecule has 3 rings (SSSR count). The molecule has 0 aliphatic heterocycles. The van der Waals surface area contributed by atoms with E-state index in [9.17, 15) is 4.79 Å². The van der Waals surface area contributed by atoms with Gasteiger partial charge in [0.2, 0.25) is 0 Å². The topological polar surface area (TPSA) is 37.8 Å². The SMILES string of the molecule is CCCCc1[nH]n(-c2ccc(C)c(C)c2)c(=O)c1-c1ccc(C)cc1. The zero-order chi connectivity index (χ0) is 18.0. The fraction of sp³-hybridized carbons (Fsp3) is 0.318. The van der Waals surface area contributed by atoms with Gasteiger partial charge >= 0.3 is 0 Å². The van der Waals surface area contributed by atoms with E-state index in [-0.39, 0.29) is 5.56 Å². The van der Waals surface area contributed by atoms with Crippen LogP contribution in [0.25, 0.3) is 16.8 Å². The lowest BCUT2D eigenvalue weighted by atomic mass is 10.0. The second-order valence-corrected chi connectivity index (χ2v) is 6.84. The molecular formula is C22H26N2O. The number of unbranched alkanes of at least 4 members (excludes halogenated alkanes) is 1. The van der Waals surface area contributed by atoms with Gasteiger partial charge in [0.15, 0.2) is 0 Å². The van der Waals surface area contributed by atoms with E-state index < -0.39 is 0 Å². The van der Waals surface area contributed by atoms with Crippen LogP contribution in [-0.2, 0) is 6.42 Å². The van der Waals surface area contributed by atoms with E-state index >= 15 is 0 Å². The van der Waals surface area contributed by atoms with E-state index in [4.69, 9.17) is 0 Å². The largest absolute Gasteiger partial charge is 0.294 e. The molecule has 0 radical (unpaired) electrons. The zero-order valence-corrected chi connectivity index (χ0v) is 15.5. The highest BCUT2D eigenvalue weighted by Gasteiger charge is 2.17. The minimum atomic E-state index is 0.0261. The molecule has 0 fully saturated rings. The van der Waals surface area contributed by atoms with E-state index in [1.54, 1.807) is 4.68 Å². The lowest BCUT2D eigenvalue weighted by molar-refractivity contribution is 0.748. The highest BCUT2D eigenvalue weighted by atomic mass is 16.1. The summed E-state index contributed by atoms with van der Waals surface area (Å²) in [4.78, 5) is 13.2. The maximum absolute atomic E-state index is 13.2. The fourth-order valence-corrected chi connectivity index (χ4v) is 3.08. The van der Waals surface area contributed by atoms with E-state index in [0.717, 1.165) is 41.8 Å². The first kappa shape index (κ1) is 17.3. The predicted molar refractivity (Wildman–Crippen MR) is 105 cm³/mol. The van der Waals surface area contributed by atoms with Gasteiger partial charge in [-0.2, -0.15) is 0 Å². The third kappa shape index (κ3) is 3.46. The summed E-state index contributed by atoms with van der Waals surface area (Å²) in [5.74, 6) is 0. The smallest absolute Gasteiger partial charge is 0.279 e. The van der Waals surface area contributed by atoms with Crippen molar-refractivity contribution in [3.8, 4) is 16.8 Å². The van der Waals surface area contributed by atoms with Gasteiger partial charge in [0.25, 0.3) is 5.56 Å². The molecular weight excluding hydrogens is 308 g/mol. The minimum absolute atomic E-state index is 0.0261. The molecule has 3 heteroatoms. The van der Waals surface area contributed by atoms with Crippen molar-refractivity contribution in [3.63, 3.8) is 0 Å². The molecule has 3 aromatic rings. The highest BCUT2D eigenvalue weighted by Crippen LogP contribution is 2.23. The van der Waals surface area contributed by atoms with Crippen LogP contribution in [0.1, 0.15) is 42.1 Å². The molecule has 3 nitrogen and oxygen atoms in total. The Kier molecular flexibility index (Phi) is 4.93. The second kappa shape index (κ2) is 7.14. The van der Waals surface area contributed by atoms with Crippen LogP contribution >= 0.6 is 0 Å². The highest BCUT2D eigenvalue weighted by molar-refractivity contribution is 5.66. The standard InChI is InChI=1S/C22H26N2O/c1-5-6-7-20-21(18-11-8-15(2)9-12-18)22(25)24(23-20)19-13-10-16(3)17(4)14-19/h8-14,23H,5-7H2,1-4H3. The fourth-order valence-electron chi connectivity index (χ4n) is 3.08.